The number of carbonyl (C=O) groups excluding carboxylic acids is 2. The van der Waals surface area contributed by atoms with E-state index < -0.39 is 11.9 Å². The SMILES string of the molecule is CCCCCCCCCCCCOC(=O)COCC(=O)Oc1cc(C)ccc1C. The second kappa shape index (κ2) is 16.0. The molecule has 0 amide bonds. The molecule has 0 aromatic heterocycles. The van der Waals surface area contributed by atoms with E-state index in [-0.39, 0.29) is 13.2 Å². The number of unbranched alkanes of at least 4 members (excludes halogenated alkanes) is 9. The molecule has 29 heavy (non-hydrogen) atoms. The van der Waals surface area contributed by atoms with Crippen LogP contribution in [0.3, 0.4) is 0 Å². The van der Waals surface area contributed by atoms with Crippen LogP contribution < -0.4 is 4.74 Å². The van der Waals surface area contributed by atoms with E-state index in [0.717, 1.165) is 24.0 Å². The Morgan fingerprint density at radius 1 is 0.793 bits per heavy atom. The second-order valence-corrected chi connectivity index (χ2v) is 7.64. The van der Waals surface area contributed by atoms with Crippen molar-refractivity contribution in [2.24, 2.45) is 0 Å². The molecule has 0 fully saturated rings. The highest BCUT2D eigenvalue weighted by atomic mass is 16.6. The van der Waals surface area contributed by atoms with Crippen molar-refractivity contribution in [1.29, 1.82) is 0 Å². The number of esters is 2. The van der Waals surface area contributed by atoms with Crippen molar-refractivity contribution in [3.8, 4) is 5.75 Å². The molecule has 0 bridgehead atoms. The number of hydrogen-bond donors (Lipinski definition) is 0. The summed E-state index contributed by atoms with van der Waals surface area (Å²) in [5, 5.41) is 0. The van der Waals surface area contributed by atoms with Crippen LogP contribution in [0, 0.1) is 13.8 Å². The van der Waals surface area contributed by atoms with Gasteiger partial charge in [0.2, 0.25) is 0 Å². The summed E-state index contributed by atoms with van der Waals surface area (Å²) in [4.78, 5) is 23.5. The molecule has 1 aromatic rings. The Hall–Kier alpha value is -1.88. The normalized spacial score (nSPS) is 10.7. The average molecular weight is 407 g/mol. The molecule has 0 atom stereocenters. The summed E-state index contributed by atoms with van der Waals surface area (Å²) in [5.41, 5.74) is 1.88. The van der Waals surface area contributed by atoms with E-state index in [1.54, 1.807) is 6.07 Å². The van der Waals surface area contributed by atoms with Crippen molar-refractivity contribution in [2.45, 2.75) is 85.0 Å². The fourth-order valence-electron chi connectivity index (χ4n) is 3.00. The van der Waals surface area contributed by atoms with Gasteiger partial charge < -0.3 is 14.2 Å². The van der Waals surface area contributed by atoms with Gasteiger partial charge in [0.1, 0.15) is 19.0 Å². The van der Waals surface area contributed by atoms with Crippen LogP contribution >= 0.6 is 0 Å². The molecule has 0 aliphatic heterocycles. The molecule has 0 heterocycles. The first-order valence-corrected chi connectivity index (χ1v) is 11.0. The number of carbonyl (C=O) groups is 2. The molecule has 0 aliphatic rings. The Balaban J connectivity index is 1.97. The van der Waals surface area contributed by atoms with Gasteiger partial charge in [-0.3, -0.25) is 0 Å². The first-order chi connectivity index (χ1) is 14.0. The van der Waals surface area contributed by atoms with E-state index in [2.05, 4.69) is 6.92 Å². The van der Waals surface area contributed by atoms with Gasteiger partial charge in [0.15, 0.2) is 0 Å². The fourth-order valence-corrected chi connectivity index (χ4v) is 3.00. The third kappa shape index (κ3) is 13.1. The maximum atomic E-state index is 11.8. The smallest absolute Gasteiger partial charge is 0.337 e. The zero-order valence-corrected chi connectivity index (χ0v) is 18.5. The predicted molar refractivity (Wildman–Crippen MR) is 115 cm³/mol. The minimum Gasteiger partial charge on any atom is -0.464 e. The van der Waals surface area contributed by atoms with E-state index in [1.165, 1.54) is 51.4 Å². The number of aryl methyl sites for hydroxylation is 2. The molecule has 164 valence electrons. The first-order valence-electron chi connectivity index (χ1n) is 11.0. The Kier molecular flexibility index (Phi) is 13.9. The van der Waals surface area contributed by atoms with Crippen molar-refractivity contribution in [2.75, 3.05) is 19.8 Å². The molecule has 0 saturated carbocycles. The molecule has 0 unspecified atom stereocenters. The lowest BCUT2D eigenvalue weighted by atomic mass is 10.1. The Morgan fingerprint density at radius 3 is 2.03 bits per heavy atom. The molecule has 5 nitrogen and oxygen atoms in total. The lowest BCUT2D eigenvalue weighted by Crippen LogP contribution is -2.20. The average Bonchev–Trinajstić information content (AvgIpc) is 2.69. The van der Waals surface area contributed by atoms with Crippen molar-refractivity contribution < 1.29 is 23.8 Å². The monoisotopic (exact) mass is 406 g/mol. The lowest BCUT2D eigenvalue weighted by molar-refractivity contribution is -0.152. The van der Waals surface area contributed by atoms with Gasteiger partial charge in [-0.2, -0.15) is 0 Å². The molecule has 0 aliphatic carbocycles. The van der Waals surface area contributed by atoms with Crippen LogP contribution in [-0.2, 0) is 19.1 Å². The van der Waals surface area contributed by atoms with Crippen LogP contribution in [0.15, 0.2) is 18.2 Å². The van der Waals surface area contributed by atoms with Gasteiger partial charge in [0, 0.05) is 0 Å². The Labute approximate surface area is 176 Å². The first kappa shape index (κ1) is 25.2. The van der Waals surface area contributed by atoms with Crippen molar-refractivity contribution in [3.05, 3.63) is 29.3 Å². The number of hydrogen-bond acceptors (Lipinski definition) is 5. The van der Waals surface area contributed by atoms with Crippen LogP contribution in [0.4, 0.5) is 0 Å². The molecule has 0 radical (unpaired) electrons. The van der Waals surface area contributed by atoms with Gasteiger partial charge in [-0.05, 0) is 37.5 Å². The van der Waals surface area contributed by atoms with E-state index in [4.69, 9.17) is 14.2 Å². The summed E-state index contributed by atoms with van der Waals surface area (Å²) >= 11 is 0. The van der Waals surface area contributed by atoms with Crippen molar-refractivity contribution >= 4 is 11.9 Å². The quantitative estimate of drug-likeness (QED) is 0.200. The highest BCUT2D eigenvalue weighted by Crippen LogP contribution is 2.19. The minimum absolute atomic E-state index is 0.236. The summed E-state index contributed by atoms with van der Waals surface area (Å²) in [5.74, 6) is -0.455. The van der Waals surface area contributed by atoms with Crippen molar-refractivity contribution in [1.82, 2.24) is 0 Å². The minimum atomic E-state index is -0.527. The Morgan fingerprint density at radius 2 is 1.38 bits per heavy atom. The zero-order chi connectivity index (χ0) is 21.3. The summed E-state index contributed by atoms with van der Waals surface area (Å²) in [6.45, 7) is 5.93. The highest BCUT2D eigenvalue weighted by molar-refractivity contribution is 5.75. The number of rotatable bonds is 16. The Bertz CT molecular complexity index is 597. The molecule has 1 aromatic carbocycles. The van der Waals surface area contributed by atoms with Crippen LogP contribution in [0.25, 0.3) is 0 Å². The summed E-state index contributed by atoms with van der Waals surface area (Å²) < 4.78 is 15.5. The standard InChI is InChI=1S/C24H38O5/c1-4-5-6-7-8-9-10-11-12-13-16-28-23(25)18-27-19-24(26)29-22-17-20(2)14-15-21(22)3/h14-15,17H,4-13,16,18-19H2,1-3H3. The molecular formula is C24H38O5. The molecule has 1 rings (SSSR count). The summed E-state index contributed by atoms with van der Waals surface area (Å²) in [7, 11) is 0. The predicted octanol–water partition coefficient (Wildman–Crippen LogP) is 5.69. The van der Waals surface area contributed by atoms with Gasteiger partial charge in [-0.15, -0.1) is 0 Å². The van der Waals surface area contributed by atoms with Gasteiger partial charge in [-0.25, -0.2) is 9.59 Å². The number of benzene rings is 1. The largest absolute Gasteiger partial charge is 0.464 e. The molecule has 0 saturated heterocycles. The van der Waals surface area contributed by atoms with Gasteiger partial charge in [0.25, 0.3) is 0 Å². The van der Waals surface area contributed by atoms with E-state index in [1.807, 2.05) is 26.0 Å². The second-order valence-electron chi connectivity index (χ2n) is 7.64. The molecular weight excluding hydrogens is 368 g/mol. The zero-order valence-electron chi connectivity index (χ0n) is 18.5. The van der Waals surface area contributed by atoms with Gasteiger partial charge in [-0.1, -0.05) is 76.8 Å². The third-order valence-corrected chi connectivity index (χ3v) is 4.77. The molecule has 0 spiro atoms. The number of ether oxygens (including phenoxy) is 3. The van der Waals surface area contributed by atoms with Crippen LogP contribution in [0.2, 0.25) is 0 Å². The third-order valence-electron chi connectivity index (χ3n) is 4.77. The summed E-state index contributed by atoms with van der Waals surface area (Å²) in [6.07, 6.45) is 12.4. The van der Waals surface area contributed by atoms with Crippen molar-refractivity contribution in [3.63, 3.8) is 0 Å². The van der Waals surface area contributed by atoms with Crippen LogP contribution in [0.5, 0.6) is 5.75 Å². The van der Waals surface area contributed by atoms with E-state index in [9.17, 15) is 9.59 Å². The van der Waals surface area contributed by atoms with Gasteiger partial charge >= 0.3 is 11.9 Å². The topological polar surface area (TPSA) is 61.8 Å². The lowest BCUT2D eigenvalue weighted by Gasteiger charge is -2.09. The van der Waals surface area contributed by atoms with Gasteiger partial charge in [0.05, 0.1) is 6.61 Å². The summed E-state index contributed by atoms with van der Waals surface area (Å²) in [6, 6.07) is 5.64. The van der Waals surface area contributed by atoms with Crippen LogP contribution in [-0.4, -0.2) is 31.8 Å². The van der Waals surface area contributed by atoms with E-state index >= 15 is 0 Å². The molecule has 5 heteroatoms. The maximum absolute atomic E-state index is 11.8. The highest BCUT2D eigenvalue weighted by Gasteiger charge is 2.10. The maximum Gasteiger partial charge on any atom is 0.337 e. The van der Waals surface area contributed by atoms with Crippen LogP contribution in [0.1, 0.15) is 82.3 Å². The molecule has 0 N–H and O–H groups in total. The van der Waals surface area contributed by atoms with E-state index in [0.29, 0.717) is 12.4 Å². The fraction of sp³-hybridized carbons (Fsp3) is 0.667.